The number of hydrogen-bond donors (Lipinski definition) is 1. The molecule has 2 heterocycles. The van der Waals surface area contributed by atoms with Crippen LogP contribution in [0.3, 0.4) is 0 Å². The molecule has 5 fully saturated rings. The van der Waals surface area contributed by atoms with Crippen LogP contribution in [0, 0.1) is 41.4 Å². The molecule has 2 aliphatic heterocycles. The molecule has 0 amide bonds. The molecule has 1 N–H and O–H groups in total. The second-order valence-electron chi connectivity index (χ2n) is 15.9. The summed E-state index contributed by atoms with van der Waals surface area (Å²) in [6, 6.07) is 8.95. The molecule has 4 aliphatic carbocycles. The van der Waals surface area contributed by atoms with Gasteiger partial charge in [0.1, 0.15) is 0 Å². The van der Waals surface area contributed by atoms with E-state index in [4.69, 9.17) is 10.3 Å². The Labute approximate surface area is 287 Å². The molecule has 7 rings (SSSR count). The van der Waals surface area contributed by atoms with E-state index >= 15 is 0 Å². The molecule has 5 nitrogen and oxygen atoms in total. The quantitative estimate of drug-likeness (QED) is 0.0495. The molecule has 4 saturated carbocycles. The van der Waals surface area contributed by atoms with E-state index in [0.717, 1.165) is 30.7 Å². The number of nitrogens with one attached hydrogen (secondary N) is 1. The molecule has 7 atom stereocenters. The molecule has 256 valence electrons. The van der Waals surface area contributed by atoms with Gasteiger partial charge in [0.05, 0.1) is 0 Å². The number of rotatable bonds is 10. The van der Waals surface area contributed by atoms with E-state index in [1.54, 1.807) is 3.22 Å². The molecule has 1 aromatic carbocycles. The van der Waals surface area contributed by atoms with Crippen LogP contribution in [0.5, 0.6) is 0 Å². The van der Waals surface area contributed by atoms with Gasteiger partial charge < -0.3 is 0 Å². The second kappa shape index (κ2) is 16.2. The fourth-order valence-electron chi connectivity index (χ4n) is 10.8. The summed E-state index contributed by atoms with van der Waals surface area (Å²) in [5.41, 5.74) is 10.0. The van der Waals surface area contributed by atoms with Gasteiger partial charge in [-0.3, -0.25) is 0 Å². The molecule has 6 heteroatoms. The van der Waals surface area contributed by atoms with Crippen LogP contribution >= 0.6 is 20.1 Å². The predicted molar refractivity (Wildman–Crippen MR) is 198 cm³/mol. The number of allylic oxidation sites excluding steroid dienone is 1. The van der Waals surface area contributed by atoms with E-state index in [1.807, 2.05) is 12.7 Å². The molecule has 0 spiro atoms. The molecular weight excluding hydrogens is 681 g/mol. The third-order valence-electron chi connectivity index (χ3n) is 13.2. The molecule has 0 bridgehead atoms. The van der Waals surface area contributed by atoms with Crippen molar-refractivity contribution < 1.29 is 12.8 Å². The van der Waals surface area contributed by atoms with Crippen LogP contribution < -0.4 is 8.23 Å². The van der Waals surface area contributed by atoms with Crippen molar-refractivity contribution in [2.45, 2.75) is 135 Å². The van der Waals surface area contributed by atoms with Gasteiger partial charge in [-0.2, -0.15) is 0 Å². The number of quaternary nitrogens is 1. The van der Waals surface area contributed by atoms with Crippen LogP contribution in [0.15, 0.2) is 33.9 Å². The van der Waals surface area contributed by atoms with Gasteiger partial charge in [-0.15, -0.1) is 0 Å². The summed E-state index contributed by atoms with van der Waals surface area (Å²) < 4.78 is 12.1. The number of aldehydes is 1. The Kier molecular flexibility index (Phi) is 11.8. The first-order chi connectivity index (χ1) is 22.7. The van der Waals surface area contributed by atoms with Gasteiger partial charge in [0.15, 0.2) is 0 Å². The summed E-state index contributed by atoms with van der Waals surface area (Å²) in [5, 5.41) is 2.35. The summed E-state index contributed by atoms with van der Waals surface area (Å²) in [7, 11) is 2.01. The number of halogens is 1. The third-order valence-corrected chi connectivity index (χ3v) is 17.6. The molecule has 7 unspecified atom stereocenters. The van der Waals surface area contributed by atoms with E-state index in [9.17, 15) is 4.79 Å². The molecule has 1 aromatic rings. The Balaban J connectivity index is 1.13. The number of hydrogen-bond acceptors (Lipinski definition) is 3. The summed E-state index contributed by atoms with van der Waals surface area (Å²) in [5.74, 6) is 4.67. The van der Waals surface area contributed by atoms with Crippen LogP contribution in [0.1, 0.15) is 128 Å². The number of para-hydroxylation sites is 1. The van der Waals surface area contributed by atoms with E-state index < -0.39 is 20.1 Å². The summed E-state index contributed by atoms with van der Waals surface area (Å²) in [6.45, 7) is 1.06. The van der Waals surface area contributed by atoms with Crippen molar-refractivity contribution in [1.29, 1.82) is 0 Å². The first-order valence-electron chi connectivity index (χ1n) is 19.5. The van der Waals surface area contributed by atoms with Crippen molar-refractivity contribution in [2.75, 3.05) is 23.2 Å². The van der Waals surface area contributed by atoms with Gasteiger partial charge in [-0.1, -0.05) is 0 Å². The number of anilines is 1. The van der Waals surface area contributed by atoms with Gasteiger partial charge >= 0.3 is 289 Å². The predicted octanol–water partition coefficient (Wildman–Crippen LogP) is 9.41. The van der Waals surface area contributed by atoms with Crippen molar-refractivity contribution >= 4 is 32.1 Å². The zero-order valence-corrected chi connectivity index (χ0v) is 30.9. The Morgan fingerprint density at radius 3 is 2.46 bits per heavy atom. The Morgan fingerprint density at radius 1 is 0.913 bits per heavy atom. The minimum atomic E-state index is -1.35. The maximum absolute atomic E-state index is 12.3. The zero-order valence-electron chi connectivity index (χ0n) is 28.7. The number of aryl methyl sites for hydroxylation is 1. The number of fused-ring (bicyclic) bond motifs is 1. The Bertz CT molecular complexity index is 1160. The van der Waals surface area contributed by atoms with Crippen LogP contribution in [-0.4, -0.2) is 30.6 Å². The average Bonchev–Trinajstić information content (AvgIpc) is 3.90. The van der Waals surface area contributed by atoms with Crippen molar-refractivity contribution in [3.63, 3.8) is 0 Å². The summed E-state index contributed by atoms with van der Waals surface area (Å²) in [4.78, 5) is 12.3. The van der Waals surface area contributed by atoms with Crippen molar-refractivity contribution in [3.8, 4) is 0 Å². The summed E-state index contributed by atoms with van der Waals surface area (Å²) >= 11 is -1.35. The maximum atomic E-state index is 12.3. The topological polar surface area (TPSA) is 48.1 Å². The van der Waals surface area contributed by atoms with Gasteiger partial charge in [-0.05, 0) is 0 Å². The number of nitrogens with zero attached hydrogens (tertiary/aromatic N) is 2. The SMILES string of the molecule is COC1CCCC(/C(=C\I2C[NH+]2[N-]N2CCCc3ccccc32)CC2CCC(C=O)C(C3CCCCC3)C2)C1C1CCCCCC1. The fourth-order valence-corrected chi connectivity index (χ4v) is 15.4. The minimum absolute atomic E-state index is 0.309. The number of methoxy groups -OCH3 is 1. The van der Waals surface area contributed by atoms with Crippen molar-refractivity contribution in [1.82, 2.24) is 0 Å². The fraction of sp³-hybridized carbons (Fsp3) is 0.775. The molecule has 1 saturated heterocycles. The van der Waals surface area contributed by atoms with Crippen molar-refractivity contribution in [3.05, 3.63) is 45.0 Å². The van der Waals surface area contributed by atoms with Crippen LogP contribution in [0.25, 0.3) is 5.53 Å². The number of ether oxygens (including phenoxy) is 1. The van der Waals surface area contributed by atoms with Crippen LogP contribution in [0.2, 0.25) is 0 Å². The molecule has 6 aliphatic rings. The molecule has 0 aromatic heterocycles. The number of alkyl halides is 1. The third kappa shape index (κ3) is 7.91. The van der Waals surface area contributed by atoms with E-state index in [0.29, 0.717) is 29.8 Å². The van der Waals surface area contributed by atoms with Crippen LogP contribution in [0.4, 0.5) is 5.69 Å². The number of carbonyl (C=O) groups excluding carboxylic acids is 1. The van der Waals surface area contributed by atoms with Crippen molar-refractivity contribution in [2.24, 2.45) is 41.4 Å². The average molecular weight is 744 g/mol. The first kappa shape index (κ1) is 33.5. The van der Waals surface area contributed by atoms with E-state index in [-0.39, 0.29) is 0 Å². The Hall–Kier alpha value is -0.960. The van der Waals surface area contributed by atoms with Gasteiger partial charge in [0, 0.05) is 0 Å². The van der Waals surface area contributed by atoms with E-state index in [2.05, 4.69) is 33.4 Å². The van der Waals surface area contributed by atoms with Gasteiger partial charge in [0.25, 0.3) is 0 Å². The Morgan fingerprint density at radius 2 is 1.67 bits per heavy atom. The first-order valence-corrected chi connectivity index (χ1v) is 23.3. The standard InChI is InChI=1S/C40H62IN3O2/c1-46-39-21-11-19-36(40(39)33-16-5-2-3-6-17-33)35(25-30-22-23-34(28-45)37(26-30)31-13-7-4-8-14-31)27-41-29-44(41)42-43-24-12-18-32-15-9-10-20-38(32)43/h9-10,15,20,27-28,30-31,33-34,36-37,39-40,44H,2-8,11-14,16-19,21-26,29H2,1H3/b35-27-. The monoisotopic (exact) mass is 743 g/mol. The number of carbonyl (C=O) groups is 1. The van der Waals surface area contributed by atoms with Gasteiger partial charge in [-0.25, -0.2) is 0 Å². The van der Waals surface area contributed by atoms with Crippen LogP contribution in [-0.2, 0) is 16.0 Å². The van der Waals surface area contributed by atoms with E-state index in [1.165, 1.54) is 144 Å². The molecular formula is C40H62IN3O2. The summed E-state index contributed by atoms with van der Waals surface area (Å²) in [6.07, 6.45) is 28.4. The zero-order chi connectivity index (χ0) is 31.3. The molecule has 46 heavy (non-hydrogen) atoms. The second-order valence-corrected chi connectivity index (χ2v) is 20.8. The number of benzene rings is 1. The normalized spacial score (nSPS) is 35.8. The molecule has 0 radical (unpaired) electrons. The van der Waals surface area contributed by atoms with Gasteiger partial charge in [0.2, 0.25) is 0 Å².